The third-order valence-electron chi connectivity index (χ3n) is 4.11. The van der Waals surface area contributed by atoms with Gasteiger partial charge in [0.1, 0.15) is 0 Å². The highest BCUT2D eigenvalue weighted by atomic mass is 16.5. The van der Waals surface area contributed by atoms with E-state index in [-0.39, 0.29) is 5.91 Å². The second-order valence-corrected chi connectivity index (χ2v) is 5.83. The van der Waals surface area contributed by atoms with E-state index in [0.29, 0.717) is 30.2 Å². The number of hydrogen-bond donors (Lipinski definition) is 1. The minimum Gasteiger partial charge on any atom is -0.493 e. The summed E-state index contributed by atoms with van der Waals surface area (Å²) in [5.74, 6) is 1.08. The Morgan fingerprint density at radius 3 is 2.85 bits per heavy atom. The molecule has 0 fully saturated rings. The molecule has 0 bridgehead atoms. The molecule has 6 nitrogen and oxygen atoms in total. The molecule has 0 aliphatic carbocycles. The zero-order chi connectivity index (χ0) is 18.4. The Morgan fingerprint density at radius 2 is 2.04 bits per heavy atom. The number of fused-ring (bicyclic) bond motifs is 1. The number of rotatable bonds is 8. The number of para-hydroxylation sites is 2. The van der Waals surface area contributed by atoms with Crippen molar-refractivity contribution in [1.82, 2.24) is 14.9 Å². The van der Waals surface area contributed by atoms with Gasteiger partial charge in [-0.15, -0.1) is 0 Å². The predicted molar refractivity (Wildman–Crippen MR) is 101 cm³/mol. The van der Waals surface area contributed by atoms with Gasteiger partial charge in [-0.1, -0.05) is 12.1 Å². The molecule has 1 heterocycles. The van der Waals surface area contributed by atoms with E-state index >= 15 is 0 Å². The number of carbonyl (C=O) groups excluding carboxylic acids is 1. The third-order valence-corrected chi connectivity index (χ3v) is 4.11. The van der Waals surface area contributed by atoms with Gasteiger partial charge in [-0.3, -0.25) is 4.79 Å². The first-order chi connectivity index (χ1) is 12.7. The molecule has 0 saturated carbocycles. The molecular weight excluding hydrogens is 330 g/mol. The van der Waals surface area contributed by atoms with Crippen molar-refractivity contribution < 1.29 is 14.3 Å². The molecule has 3 rings (SSSR count). The van der Waals surface area contributed by atoms with Gasteiger partial charge in [-0.05, 0) is 43.7 Å². The van der Waals surface area contributed by atoms with Crippen LogP contribution in [-0.2, 0) is 6.54 Å². The molecule has 0 saturated heterocycles. The summed E-state index contributed by atoms with van der Waals surface area (Å²) in [6.45, 7) is 3.79. The van der Waals surface area contributed by atoms with Crippen LogP contribution in [0.4, 0.5) is 0 Å². The van der Waals surface area contributed by atoms with Gasteiger partial charge in [0.15, 0.2) is 11.5 Å². The number of ether oxygens (including phenoxy) is 2. The number of methoxy groups -OCH3 is 1. The van der Waals surface area contributed by atoms with Gasteiger partial charge in [0.25, 0.3) is 5.91 Å². The molecule has 0 spiro atoms. The van der Waals surface area contributed by atoms with Crippen molar-refractivity contribution in [3.63, 3.8) is 0 Å². The lowest BCUT2D eigenvalue weighted by atomic mass is 10.2. The second kappa shape index (κ2) is 8.38. The van der Waals surface area contributed by atoms with Crippen molar-refractivity contribution in [2.75, 3.05) is 20.3 Å². The molecule has 0 aliphatic heterocycles. The maximum absolute atomic E-state index is 12.3. The van der Waals surface area contributed by atoms with Gasteiger partial charge in [-0.2, -0.15) is 0 Å². The van der Waals surface area contributed by atoms with Crippen molar-refractivity contribution in [2.24, 2.45) is 0 Å². The van der Waals surface area contributed by atoms with Crippen molar-refractivity contribution >= 4 is 16.9 Å². The number of nitrogens with zero attached hydrogens (tertiary/aromatic N) is 2. The van der Waals surface area contributed by atoms with Crippen LogP contribution in [0.2, 0.25) is 0 Å². The Kier molecular flexibility index (Phi) is 5.73. The average Bonchev–Trinajstić information content (AvgIpc) is 3.08. The van der Waals surface area contributed by atoms with E-state index in [1.807, 2.05) is 37.5 Å². The Bertz CT molecular complexity index is 889. The topological polar surface area (TPSA) is 65.4 Å². The summed E-state index contributed by atoms with van der Waals surface area (Å²) in [7, 11) is 1.58. The monoisotopic (exact) mass is 353 g/mol. The first-order valence-corrected chi connectivity index (χ1v) is 8.72. The van der Waals surface area contributed by atoms with E-state index in [9.17, 15) is 4.79 Å². The first-order valence-electron chi connectivity index (χ1n) is 8.72. The maximum Gasteiger partial charge on any atom is 0.251 e. The summed E-state index contributed by atoms with van der Waals surface area (Å²) < 4.78 is 12.9. The third kappa shape index (κ3) is 3.96. The molecule has 3 aromatic rings. The van der Waals surface area contributed by atoms with Gasteiger partial charge >= 0.3 is 0 Å². The standard InChI is InChI=1S/C20H23N3O3/c1-3-26-19-13-15(9-10-18(19)25-2)20(24)21-11-6-12-23-14-22-16-7-4-5-8-17(16)23/h4-5,7-10,13-14H,3,6,11-12H2,1-2H3,(H,21,24). The van der Waals surface area contributed by atoms with E-state index in [1.54, 1.807) is 25.3 Å². The molecule has 0 atom stereocenters. The van der Waals surface area contributed by atoms with Crippen molar-refractivity contribution in [3.05, 3.63) is 54.4 Å². The molecule has 136 valence electrons. The molecular formula is C20H23N3O3. The molecule has 6 heteroatoms. The fourth-order valence-electron chi connectivity index (χ4n) is 2.83. The Hall–Kier alpha value is -3.02. The first kappa shape index (κ1) is 17.8. The van der Waals surface area contributed by atoms with Crippen molar-refractivity contribution in [3.8, 4) is 11.5 Å². The largest absolute Gasteiger partial charge is 0.493 e. The highest BCUT2D eigenvalue weighted by molar-refractivity contribution is 5.94. The number of benzene rings is 2. The van der Waals surface area contributed by atoms with Crippen LogP contribution in [0.25, 0.3) is 11.0 Å². The smallest absolute Gasteiger partial charge is 0.251 e. The van der Waals surface area contributed by atoms with Crippen LogP contribution in [0, 0.1) is 0 Å². The van der Waals surface area contributed by atoms with Crippen LogP contribution in [0.1, 0.15) is 23.7 Å². The summed E-state index contributed by atoms with van der Waals surface area (Å²) in [6.07, 6.45) is 2.66. The highest BCUT2D eigenvalue weighted by Crippen LogP contribution is 2.28. The Morgan fingerprint density at radius 1 is 1.19 bits per heavy atom. The quantitative estimate of drug-likeness (QED) is 0.631. The fraction of sp³-hybridized carbons (Fsp3) is 0.300. The number of nitrogens with one attached hydrogen (secondary N) is 1. The number of aromatic nitrogens is 2. The van der Waals surface area contributed by atoms with Gasteiger partial charge in [0.2, 0.25) is 0 Å². The van der Waals surface area contributed by atoms with Crippen LogP contribution in [-0.4, -0.2) is 35.7 Å². The number of amides is 1. The molecule has 26 heavy (non-hydrogen) atoms. The van der Waals surface area contributed by atoms with Crippen LogP contribution < -0.4 is 14.8 Å². The lowest BCUT2D eigenvalue weighted by molar-refractivity contribution is 0.0952. The lowest BCUT2D eigenvalue weighted by Gasteiger charge is -2.11. The summed E-state index contributed by atoms with van der Waals surface area (Å²) in [6, 6.07) is 13.2. The number of hydrogen-bond acceptors (Lipinski definition) is 4. The molecule has 0 unspecified atom stereocenters. The molecule has 0 radical (unpaired) electrons. The average molecular weight is 353 g/mol. The van der Waals surface area contributed by atoms with Crippen LogP contribution in [0.5, 0.6) is 11.5 Å². The van der Waals surface area contributed by atoms with Gasteiger partial charge in [0.05, 0.1) is 31.1 Å². The molecule has 1 aromatic heterocycles. The van der Waals surface area contributed by atoms with Crippen LogP contribution in [0.3, 0.4) is 0 Å². The van der Waals surface area contributed by atoms with Crippen LogP contribution >= 0.6 is 0 Å². The maximum atomic E-state index is 12.3. The number of aryl methyl sites for hydroxylation is 1. The van der Waals surface area contributed by atoms with Gasteiger partial charge < -0.3 is 19.4 Å². The molecule has 1 amide bonds. The zero-order valence-electron chi connectivity index (χ0n) is 15.1. The predicted octanol–water partition coefficient (Wildman–Crippen LogP) is 3.26. The van der Waals surface area contributed by atoms with E-state index in [1.165, 1.54) is 0 Å². The van der Waals surface area contributed by atoms with E-state index in [2.05, 4.69) is 14.9 Å². The number of imidazole rings is 1. The highest BCUT2D eigenvalue weighted by Gasteiger charge is 2.11. The second-order valence-electron chi connectivity index (χ2n) is 5.83. The zero-order valence-corrected chi connectivity index (χ0v) is 15.1. The minimum absolute atomic E-state index is 0.121. The van der Waals surface area contributed by atoms with Crippen LogP contribution in [0.15, 0.2) is 48.8 Å². The molecule has 1 N–H and O–H groups in total. The normalized spacial score (nSPS) is 10.7. The Balaban J connectivity index is 1.55. The lowest BCUT2D eigenvalue weighted by Crippen LogP contribution is -2.25. The van der Waals surface area contributed by atoms with Gasteiger partial charge in [0, 0.05) is 18.7 Å². The van der Waals surface area contributed by atoms with E-state index < -0.39 is 0 Å². The van der Waals surface area contributed by atoms with Gasteiger partial charge in [-0.25, -0.2) is 4.98 Å². The Labute approximate surface area is 152 Å². The fourth-order valence-corrected chi connectivity index (χ4v) is 2.83. The van der Waals surface area contributed by atoms with Crippen molar-refractivity contribution in [2.45, 2.75) is 19.9 Å². The number of carbonyl (C=O) groups is 1. The SMILES string of the molecule is CCOc1cc(C(=O)NCCCn2cnc3ccccc32)ccc1OC. The minimum atomic E-state index is -0.121. The summed E-state index contributed by atoms with van der Waals surface area (Å²) in [5.41, 5.74) is 2.65. The summed E-state index contributed by atoms with van der Waals surface area (Å²) in [5, 5.41) is 2.95. The van der Waals surface area contributed by atoms with E-state index in [0.717, 1.165) is 24.0 Å². The molecule has 2 aromatic carbocycles. The van der Waals surface area contributed by atoms with Crippen molar-refractivity contribution in [1.29, 1.82) is 0 Å². The molecule has 0 aliphatic rings. The summed E-state index contributed by atoms with van der Waals surface area (Å²) >= 11 is 0. The summed E-state index contributed by atoms with van der Waals surface area (Å²) in [4.78, 5) is 16.7. The van der Waals surface area contributed by atoms with E-state index in [4.69, 9.17) is 9.47 Å².